The lowest BCUT2D eigenvalue weighted by Crippen LogP contribution is -2.47. The quantitative estimate of drug-likeness (QED) is 0.618. The van der Waals surface area contributed by atoms with Crippen molar-refractivity contribution < 1.29 is 9.53 Å². The van der Waals surface area contributed by atoms with E-state index in [0.29, 0.717) is 5.41 Å². The maximum Gasteiger partial charge on any atom is 0.311 e. The van der Waals surface area contributed by atoms with Gasteiger partial charge in [-0.15, -0.1) is 0 Å². The predicted octanol–water partition coefficient (Wildman–Crippen LogP) is 0.678. The van der Waals surface area contributed by atoms with E-state index in [-0.39, 0.29) is 11.4 Å². The second kappa shape index (κ2) is 2.22. The summed E-state index contributed by atoms with van der Waals surface area (Å²) in [5, 5.41) is 0. The monoisotopic (exact) mass is 169 g/mol. The molecule has 2 bridgehead atoms. The number of nitrogens with two attached hydrogens (primary N) is 1. The fraction of sp³-hybridized carbons (Fsp3) is 0.889. The third kappa shape index (κ3) is 0.774. The summed E-state index contributed by atoms with van der Waals surface area (Å²) in [6.07, 6.45) is 4.02. The minimum Gasteiger partial charge on any atom is -0.469 e. The highest BCUT2D eigenvalue weighted by atomic mass is 16.5. The lowest BCUT2D eigenvalue weighted by Gasteiger charge is -2.44. The van der Waals surface area contributed by atoms with E-state index in [1.54, 1.807) is 0 Å². The first-order chi connectivity index (χ1) is 5.66. The molecule has 3 aliphatic rings. The van der Waals surface area contributed by atoms with E-state index in [0.717, 1.165) is 32.2 Å². The molecule has 3 nitrogen and oxygen atoms in total. The van der Waals surface area contributed by atoms with E-state index < -0.39 is 0 Å². The van der Waals surface area contributed by atoms with Gasteiger partial charge in [-0.25, -0.2) is 0 Å². The Labute approximate surface area is 72.3 Å². The maximum absolute atomic E-state index is 11.4. The standard InChI is InChI=1S/C9H15NO2/c1-12-7(11)9-3-2-8(4-9,5-9)6-10/h2-6,10H2,1H3. The lowest BCUT2D eigenvalue weighted by molar-refractivity contribution is -0.160. The molecule has 0 radical (unpaired) electrons. The molecule has 3 heteroatoms. The van der Waals surface area contributed by atoms with Gasteiger partial charge in [-0.05, 0) is 37.6 Å². The van der Waals surface area contributed by atoms with Crippen LogP contribution in [0.5, 0.6) is 0 Å². The van der Waals surface area contributed by atoms with E-state index in [2.05, 4.69) is 0 Å². The van der Waals surface area contributed by atoms with Crippen LogP contribution >= 0.6 is 0 Å². The molecule has 0 spiro atoms. The Balaban J connectivity index is 2.09. The van der Waals surface area contributed by atoms with E-state index in [1.807, 2.05) is 0 Å². The Morgan fingerprint density at radius 1 is 1.50 bits per heavy atom. The number of hydrogen-bond donors (Lipinski definition) is 1. The highest BCUT2D eigenvalue weighted by Gasteiger charge is 2.64. The molecule has 0 atom stereocenters. The van der Waals surface area contributed by atoms with Crippen LogP contribution in [0.15, 0.2) is 0 Å². The third-order valence-corrected chi connectivity index (χ3v) is 3.61. The molecular weight excluding hydrogens is 154 g/mol. The van der Waals surface area contributed by atoms with E-state index >= 15 is 0 Å². The summed E-state index contributed by atoms with van der Waals surface area (Å²) in [6.45, 7) is 0.728. The van der Waals surface area contributed by atoms with Gasteiger partial charge in [0, 0.05) is 0 Å². The van der Waals surface area contributed by atoms with E-state index in [1.165, 1.54) is 7.11 Å². The fourth-order valence-corrected chi connectivity index (χ4v) is 2.95. The van der Waals surface area contributed by atoms with Crippen molar-refractivity contribution in [3.05, 3.63) is 0 Å². The van der Waals surface area contributed by atoms with Crippen LogP contribution in [0.25, 0.3) is 0 Å². The van der Waals surface area contributed by atoms with Crippen molar-refractivity contribution in [3.63, 3.8) is 0 Å². The van der Waals surface area contributed by atoms with Gasteiger partial charge in [-0.3, -0.25) is 4.79 Å². The Kier molecular flexibility index (Phi) is 1.49. The van der Waals surface area contributed by atoms with Crippen LogP contribution in [0, 0.1) is 10.8 Å². The zero-order valence-electron chi connectivity index (χ0n) is 7.43. The van der Waals surface area contributed by atoms with Gasteiger partial charge < -0.3 is 10.5 Å². The molecule has 0 unspecified atom stereocenters. The van der Waals surface area contributed by atoms with Crippen LogP contribution in [-0.2, 0) is 9.53 Å². The van der Waals surface area contributed by atoms with Gasteiger partial charge in [0.2, 0.25) is 0 Å². The summed E-state index contributed by atoms with van der Waals surface area (Å²) < 4.78 is 4.78. The number of esters is 1. The second-order valence-electron chi connectivity index (χ2n) is 4.33. The van der Waals surface area contributed by atoms with Gasteiger partial charge in [0.05, 0.1) is 12.5 Å². The number of hydrogen-bond acceptors (Lipinski definition) is 3. The summed E-state index contributed by atoms with van der Waals surface area (Å²) in [6, 6.07) is 0. The maximum atomic E-state index is 11.4. The van der Waals surface area contributed by atoms with Gasteiger partial charge in [-0.1, -0.05) is 0 Å². The van der Waals surface area contributed by atoms with Gasteiger partial charge in [0.25, 0.3) is 0 Å². The molecule has 0 amide bonds. The van der Waals surface area contributed by atoms with Crippen molar-refractivity contribution in [3.8, 4) is 0 Å². The number of fused-ring (bicyclic) bond motifs is 1. The Hall–Kier alpha value is -0.570. The molecule has 3 aliphatic carbocycles. The van der Waals surface area contributed by atoms with Crippen molar-refractivity contribution in [2.75, 3.05) is 13.7 Å². The van der Waals surface area contributed by atoms with Crippen molar-refractivity contribution >= 4 is 5.97 Å². The zero-order chi connectivity index (χ0) is 8.82. The second-order valence-corrected chi connectivity index (χ2v) is 4.33. The van der Waals surface area contributed by atoms with Gasteiger partial charge in [-0.2, -0.15) is 0 Å². The zero-order valence-corrected chi connectivity index (χ0v) is 7.43. The van der Waals surface area contributed by atoms with Crippen LogP contribution in [0.3, 0.4) is 0 Å². The van der Waals surface area contributed by atoms with Gasteiger partial charge in [0.15, 0.2) is 0 Å². The summed E-state index contributed by atoms with van der Waals surface area (Å²) >= 11 is 0. The van der Waals surface area contributed by atoms with Crippen molar-refractivity contribution in [2.24, 2.45) is 16.6 Å². The van der Waals surface area contributed by atoms with Crippen molar-refractivity contribution in [1.29, 1.82) is 0 Å². The number of carbonyl (C=O) groups excluding carboxylic acids is 1. The minimum absolute atomic E-state index is 0.0240. The highest BCUT2D eigenvalue weighted by molar-refractivity contribution is 5.79. The number of rotatable bonds is 2. The van der Waals surface area contributed by atoms with Crippen molar-refractivity contribution in [1.82, 2.24) is 0 Å². The molecule has 0 aliphatic heterocycles. The Morgan fingerprint density at radius 2 is 2.17 bits per heavy atom. The van der Waals surface area contributed by atoms with E-state index in [4.69, 9.17) is 10.5 Å². The number of ether oxygens (including phenoxy) is 1. The van der Waals surface area contributed by atoms with Gasteiger partial charge >= 0.3 is 5.97 Å². The Morgan fingerprint density at radius 3 is 2.58 bits per heavy atom. The molecule has 3 fully saturated rings. The molecule has 0 aromatic rings. The largest absolute Gasteiger partial charge is 0.469 e. The SMILES string of the molecule is COC(=O)C12CCC(CN)(C1)C2. The normalized spacial score (nSPS) is 43.8. The fourth-order valence-electron chi connectivity index (χ4n) is 2.95. The first kappa shape index (κ1) is 8.05. The predicted molar refractivity (Wildman–Crippen MR) is 44.4 cm³/mol. The summed E-state index contributed by atoms with van der Waals surface area (Å²) in [4.78, 5) is 11.4. The smallest absolute Gasteiger partial charge is 0.311 e. The van der Waals surface area contributed by atoms with Crippen molar-refractivity contribution in [2.45, 2.75) is 25.7 Å². The number of methoxy groups -OCH3 is 1. The summed E-state index contributed by atoms with van der Waals surface area (Å²) in [7, 11) is 1.47. The molecule has 0 aromatic carbocycles. The molecule has 0 heterocycles. The highest BCUT2D eigenvalue weighted by Crippen LogP contribution is 2.66. The van der Waals surface area contributed by atoms with Crippen LogP contribution < -0.4 is 5.73 Å². The molecule has 3 saturated carbocycles. The average molecular weight is 169 g/mol. The van der Waals surface area contributed by atoms with Crippen LogP contribution in [0.4, 0.5) is 0 Å². The summed E-state index contributed by atoms with van der Waals surface area (Å²) in [5.41, 5.74) is 5.82. The molecule has 12 heavy (non-hydrogen) atoms. The van der Waals surface area contributed by atoms with Crippen LogP contribution in [0.2, 0.25) is 0 Å². The number of carbonyl (C=O) groups is 1. The lowest BCUT2D eigenvalue weighted by atomic mass is 9.60. The summed E-state index contributed by atoms with van der Waals surface area (Å²) in [5.74, 6) is -0.0240. The van der Waals surface area contributed by atoms with Crippen LogP contribution in [-0.4, -0.2) is 19.6 Å². The minimum atomic E-state index is -0.131. The van der Waals surface area contributed by atoms with E-state index in [9.17, 15) is 4.79 Å². The molecule has 68 valence electrons. The third-order valence-electron chi connectivity index (χ3n) is 3.61. The first-order valence-electron chi connectivity index (χ1n) is 4.45. The molecule has 3 rings (SSSR count). The Bertz CT molecular complexity index is 219. The van der Waals surface area contributed by atoms with Crippen LogP contribution in [0.1, 0.15) is 25.7 Å². The first-order valence-corrected chi connectivity index (χ1v) is 4.45. The average Bonchev–Trinajstić information content (AvgIpc) is 2.57. The topological polar surface area (TPSA) is 52.3 Å². The van der Waals surface area contributed by atoms with Gasteiger partial charge in [0.1, 0.15) is 0 Å². The molecular formula is C9H15NO2. The molecule has 0 aromatic heterocycles. The molecule has 2 N–H and O–H groups in total. The molecule has 0 saturated heterocycles.